The fourth-order valence-corrected chi connectivity index (χ4v) is 2.62. The van der Waals surface area contributed by atoms with Crippen molar-refractivity contribution in [2.24, 2.45) is 0 Å². The molecule has 0 N–H and O–H groups in total. The fraction of sp³-hybridized carbons (Fsp3) is 0.0588. The van der Waals surface area contributed by atoms with Crippen molar-refractivity contribution in [1.82, 2.24) is 0 Å². The van der Waals surface area contributed by atoms with Gasteiger partial charge in [0.25, 0.3) is 0 Å². The van der Waals surface area contributed by atoms with Crippen molar-refractivity contribution in [1.29, 1.82) is 10.5 Å². The maximum absolute atomic E-state index is 9.07. The lowest BCUT2D eigenvalue weighted by molar-refractivity contribution is 1.29. The van der Waals surface area contributed by atoms with E-state index in [0.29, 0.717) is 12.0 Å². The maximum atomic E-state index is 9.07. The van der Waals surface area contributed by atoms with Gasteiger partial charge in [-0.1, -0.05) is 36.9 Å². The molecule has 2 nitrogen and oxygen atoms in total. The summed E-state index contributed by atoms with van der Waals surface area (Å²) in [7, 11) is 0. The molecule has 1 aliphatic carbocycles. The van der Waals surface area contributed by atoms with Crippen LogP contribution in [0.1, 0.15) is 11.1 Å². The Labute approximate surface area is 111 Å². The van der Waals surface area contributed by atoms with Crippen LogP contribution in [0, 0.1) is 22.7 Å². The summed E-state index contributed by atoms with van der Waals surface area (Å²) >= 11 is 0. The Kier molecular flexibility index (Phi) is 2.44. The van der Waals surface area contributed by atoms with Crippen LogP contribution < -0.4 is 0 Å². The lowest BCUT2D eigenvalue weighted by Gasteiger charge is -2.04. The molecule has 2 aromatic rings. The van der Waals surface area contributed by atoms with Crippen molar-refractivity contribution in [3.05, 3.63) is 65.3 Å². The van der Waals surface area contributed by atoms with Crippen LogP contribution in [-0.2, 0) is 6.42 Å². The van der Waals surface area contributed by atoms with Gasteiger partial charge in [0, 0.05) is 5.57 Å². The first-order valence-electron chi connectivity index (χ1n) is 5.99. The second kappa shape index (κ2) is 4.12. The first-order chi connectivity index (χ1) is 9.24. The third-order valence-electron chi connectivity index (χ3n) is 3.47. The summed E-state index contributed by atoms with van der Waals surface area (Å²) in [4.78, 5) is 0. The molecule has 0 radical (unpaired) electrons. The van der Waals surface area contributed by atoms with Crippen molar-refractivity contribution in [3.63, 3.8) is 0 Å². The minimum atomic E-state index is 0.152. The van der Waals surface area contributed by atoms with Crippen molar-refractivity contribution in [3.8, 4) is 12.1 Å². The summed E-state index contributed by atoms with van der Waals surface area (Å²) in [5.74, 6) is 0. The molecule has 0 bridgehead atoms. The van der Waals surface area contributed by atoms with Crippen LogP contribution in [0.15, 0.2) is 54.1 Å². The van der Waals surface area contributed by atoms with Crippen molar-refractivity contribution in [2.45, 2.75) is 6.42 Å². The van der Waals surface area contributed by atoms with Gasteiger partial charge in [0.1, 0.15) is 17.7 Å². The smallest absolute Gasteiger partial charge is 0.137 e. The Morgan fingerprint density at radius 2 is 1.68 bits per heavy atom. The SMILES string of the molecule is C=C1Cc2cc3ccccc3cc2C1=C(C#N)C#N. The molecular weight excluding hydrogens is 232 g/mol. The van der Waals surface area contributed by atoms with E-state index in [1.165, 1.54) is 5.39 Å². The lowest BCUT2D eigenvalue weighted by Crippen LogP contribution is -1.86. The highest BCUT2D eigenvalue weighted by molar-refractivity contribution is 5.96. The Hall–Kier alpha value is -2.84. The first-order valence-corrected chi connectivity index (χ1v) is 5.99. The van der Waals surface area contributed by atoms with Crippen LogP contribution in [-0.4, -0.2) is 0 Å². The Morgan fingerprint density at radius 3 is 2.32 bits per heavy atom. The standard InChI is InChI=1S/C17H10N2/c1-11-6-14-7-12-4-2-3-5-13(12)8-16(14)17(11)15(9-18)10-19/h2-5,7-8H,1,6H2. The van der Waals surface area contributed by atoms with E-state index in [9.17, 15) is 0 Å². The van der Waals surface area contributed by atoms with Crippen molar-refractivity contribution in [2.75, 3.05) is 0 Å². The number of nitrogens with zero attached hydrogens (tertiary/aromatic N) is 2. The van der Waals surface area contributed by atoms with Gasteiger partial charge in [-0.15, -0.1) is 0 Å². The molecule has 0 heterocycles. The summed E-state index contributed by atoms with van der Waals surface area (Å²) < 4.78 is 0. The van der Waals surface area contributed by atoms with E-state index in [4.69, 9.17) is 10.5 Å². The highest BCUT2D eigenvalue weighted by atomic mass is 14.3. The van der Waals surface area contributed by atoms with Crippen LogP contribution in [0.25, 0.3) is 16.3 Å². The van der Waals surface area contributed by atoms with Gasteiger partial charge in [-0.3, -0.25) is 0 Å². The molecule has 0 saturated heterocycles. The summed E-state index contributed by atoms with van der Waals surface area (Å²) in [6.07, 6.45) is 0.711. The molecule has 0 aliphatic heterocycles. The number of benzene rings is 2. The normalized spacial score (nSPS) is 12.9. The van der Waals surface area contributed by atoms with Crippen molar-refractivity contribution < 1.29 is 0 Å². The third-order valence-corrected chi connectivity index (χ3v) is 3.47. The van der Waals surface area contributed by atoms with Gasteiger partial charge in [0.15, 0.2) is 0 Å². The zero-order valence-electron chi connectivity index (χ0n) is 10.3. The number of nitriles is 2. The number of fused-ring (bicyclic) bond motifs is 2. The Morgan fingerprint density at radius 1 is 1.05 bits per heavy atom. The van der Waals surface area contributed by atoms with E-state index in [0.717, 1.165) is 22.1 Å². The molecule has 0 amide bonds. The van der Waals surface area contributed by atoms with E-state index < -0.39 is 0 Å². The molecule has 88 valence electrons. The molecule has 0 aromatic heterocycles. The average molecular weight is 242 g/mol. The van der Waals surface area contributed by atoms with Crippen molar-refractivity contribution >= 4 is 16.3 Å². The number of allylic oxidation sites excluding steroid dienone is 3. The van der Waals surface area contributed by atoms with E-state index in [1.54, 1.807) is 0 Å². The fourth-order valence-electron chi connectivity index (χ4n) is 2.62. The minimum Gasteiger partial charge on any atom is -0.192 e. The van der Waals surface area contributed by atoms with Gasteiger partial charge in [-0.05, 0) is 40.0 Å². The molecule has 0 spiro atoms. The monoisotopic (exact) mass is 242 g/mol. The minimum absolute atomic E-state index is 0.152. The van der Waals surface area contributed by atoms with Gasteiger partial charge in [-0.2, -0.15) is 10.5 Å². The maximum Gasteiger partial charge on any atom is 0.137 e. The molecule has 3 rings (SSSR count). The number of hydrogen-bond acceptors (Lipinski definition) is 2. The topological polar surface area (TPSA) is 47.6 Å². The molecule has 19 heavy (non-hydrogen) atoms. The summed E-state index contributed by atoms with van der Waals surface area (Å²) in [5.41, 5.74) is 3.83. The van der Waals surface area contributed by atoms with Crippen LogP contribution >= 0.6 is 0 Å². The zero-order valence-corrected chi connectivity index (χ0v) is 10.3. The third kappa shape index (κ3) is 1.63. The summed E-state index contributed by atoms with van der Waals surface area (Å²) in [5, 5.41) is 20.4. The van der Waals surface area contributed by atoms with Gasteiger partial charge < -0.3 is 0 Å². The molecule has 0 unspecified atom stereocenters. The highest BCUT2D eigenvalue weighted by Crippen LogP contribution is 2.39. The molecule has 0 saturated carbocycles. The molecule has 2 heteroatoms. The molecule has 2 aromatic carbocycles. The highest BCUT2D eigenvalue weighted by Gasteiger charge is 2.23. The predicted molar refractivity (Wildman–Crippen MR) is 74.9 cm³/mol. The van der Waals surface area contributed by atoms with Crippen LogP contribution in [0.5, 0.6) is 0 Å². The van der Waals surface area contributed by atoms with Gasteiger partial charge in [0.2, 0.25) is 0 Å². The average Bonchev–Trinajstić information content (AvgIpc) is 2.74. The van der Waals surface area contributed by atoms with Crippen LogP contribution in [0.2, 0.25) is 0 Å². The molecule has 0 atom stereocenters. The zero-order chi connectivity index (χ0) is 13.4. The van der Waals surface area contributed by atoms with E-state index in [2.05, 4.69) is 18.7 Å². The molecule has 0 fully saturated rings. The second-order valence-electron chi connectivity index (χ2n) is 4.61. The summed E-state index contributed by atoms with van der Waals surface area (Å²) in [6, 6.07) is 16.2. The predicted octanol–water partition coefficient (Wildman–Crippen LogP) is 3.75. The largest absolute Gasteiger partial charge is 0.192 e. The first kappa shape index (κ1) is 11.3. The van der Waals surface area contributed by atoms with Gasteiger partial charge in [0.05, 0.1) is 0 Å². The molecular formula is C17H10N2. The van der Waals surface area contributed by atoms with E-state index >= 15 is 0 Å². The Bertz CT molecular complexity index is 810. The van der Waals surface area contributed by atoms with E-state index in [1.807, 2.05) is 36.4 Å². The number of rotatable bonds is 0. The summed E-state index contributed by atoms with van der Waals surface area (Å²) in [6.45, 7) is 4.00. The van der Waals surface area contributed by atoms with Gasteiger partial charge >= 0.3 is 0 Å². The van der Waals surface area contributed by atoms with E-state index in [-0.39, 0.29) is 5.57 Å². The lowest BCUT2D eigenvalue weighted by atomic mass is 9.98. The molecule has 1 aliphatic rings. The van der Waals surface area contributed by atoms with Crippen LogP contribution in [0.4, 0.5) is 0 Å². The number of hydrogen-bond donors (Lipinski definition) is 0. The van der Waals surface area contributed by atoms with Gasteiger partial charge in [-0.25, -0.2) is 0 Å². The Balaban J connectivity index is 2.37. The van der Waals surface area contributed by atoms with Crippen LogP contribution in [0.3, 0.4) is 0 Å². The quantitative estimate of drug-likeness (QED) is 0.660. The second-order valence-corrected chi connectivity index (χ2v) is 4.61.